The number of urea groups is 1. The van der Waals surface area contributed by atoms with E-state index in [0.717, 1.165) is 62.6 Å². The van der Waals surface area contributed by atoms with Crippen molar-refractivity contribution < 1.29 is 14.3 Å². The highest BCUT2D eigenvalue weighted by Crippen LogP contribution is 2.18. The van der Waals surface area contributed by atoms with Gasteiger partial charge in [0, 0.05) is 39.3 Å². The van der Waals surface area contributed by atoms with Gasteiger partial charge in [-0.1, -0.05) is 30.3 Å². The highest BCUT2D eigenvalue weighted by atomic mass is 16.5. The minimum absolute atomic E-state index is 0.0253. The summed E-state index contributed by atoms with van der Waals surface area (Å²) < 4.78 is 10.7. The summed E-state index contributed by atoms with van der Waals surface area (Å²) in [6.07, 6.45) is 1.75. The monoisotopic (exact) mass is 397 g/mol. The molecule has 0 radical (unpaired) electrons. The third kappa shape index (κ3) is 6.12. The van der Waals surface area contributed by atoms with Crippen LogP contribution in [0.15, 0.2) is 48.5 Å². The average Bonchev–Trinajstić information content (AvgIpc) is 2.78. The largest absolute Gasteiger partial charge is 0.497 e. The summed E-state index contributed by atoms with van der Waals surface area (Å²) in [4.78, 5) is 16.8. The first-order valence-electron chi connectivity index (χ1n) is 10.2. The average molecular weight is 398 g/mol. The number of methoxy groups -OCH3 is 2. The molecule has 1 aliphatic rings. The standard InChI is InChI=1S/C23H31N3O3/c1-28-21-8-5-6-19(18-21)10-12-24-23(27)26-16-14-25(15-17-26)13-11-20-7-3-4-9-22(20)29-2/h3-9,18H,10-17H2,1-2H3,(H,24,27). The van der Waals surface area contributed by atoms with Gasteiger partial charge in [-0.2, -0.15) is 0 Å². The van der Waals surface area contributed by atoms with E-state index < -0.39 is 0 Å². The van der Waals surface area contributed by atoms with Crippen LogP contribution < -0.4 is 14.8 Å². The molecule has 0 aromatic heterocycles. The molecule has 0 atom stereocenters. The van der Waals surface area contributed by atoms with E-state index in [4.69, 9.17) is 9.47 Å². The Kier molecular flexibility index (Phi) is 7.76. The van der Waals surface area contributed by atoms with Crippen LogP contribution in [0.4, 0.5) is 4.79 Å². The quantitative estimate of drug-likeness (QED) is 0.744. The Labute approximate surface area is 173 Å². The first kappa shape index (κ1) is 21.0. The lowest BCUT2D eigenvalue weighted by Gasteiger charge is -2.34. The molecule has 2 aromatic carbocycles. The lowest BCUT2D eigenvalue weighted by Crippen LogP contribution is -2.52. The summed E-state index contributed by atoms with van der Waals surface area (Å²) in [6, 6.07) is 16.1. The number of nitrogens with zero attached hydrogens (tertiary/aromatic N) is 2. The Bertz CT molecular complexity index is 788. The van der Waals surface area contributed by atoms with Crippen LogP contribution in [0.25, 0.3) is 0 Å². The number of amides is 2. The fourth-order valence-corrected chi connectivity index (χ4v) is 3.62. The van der Waals surface area contributed by atoms with Crippen LogP contribution in [-0.2, 0) is 12.8 Å². The van der Waals surface area contributed by atoms with Crippen molar-refractivity contribution in [2.24, 2.45) is 0 Å². The first-order valence-corrected chi connectivity index (χ1v) is 10.2. The molecule has 2 amide bonds. The molecule has 2 aromatic rings. The summed E-state index contributed by atoms with van der Waals surface area (Å²) in [5.41, 5.74) is 2.39. The molecular formula is C23H31N3O3. The van der Waals surface area contributed by atoms with Gasteiger partial charge in [-0.3, -0.25) is 4.90 Å². The molecule has 1 heterocycles. The molecule has 0 bridgehead atoms. The molecule has 0 aliphatic carbocycles. The number of ether oxygens (including phenoxy) is 2. The Hall–Kier alpha value is -2.73. The molecule has 1 N–H and O–H groups in total. The minimum Gasteiger partial charge on any atom is -0.497 e. The van der Waals surface area contributed by atoms with Gasteiger partial charge >= 0.3 is 6.03 Å². The first-order chi connectivity index (χ1) is 14.2. The molecule has 3 rings (SSSR count). The van der Waals surface area contributed by atoms with E-state index in [1.807, 2.05) is 41.3 Å². The third-order valence-electron chi connectivity index (χ3n) is 5.37. The van der Waals surface area contributed by atoms with Crippen LogP contribution in [0.1, 0.15) is 11.1 Å². The van der Waals surface area contributed by atoms with Crippen molar-refractivity contribution in [3.8, 4) is 11.5 Å². The topological polar surface area (TPSA) is 54.0 Å². The van der Waals surface area contributed by atoms with Gasteiger partial charge in [0.05, 0.1) is 14.2 Å². The molecule has 1 saturated heterocycles. The Balaban J connectivity index is 1.36. The zero-order valence-corrected chi connectivity index (χ0v) is 17.4. The number of benzene rings is 2. The maximum atomic E-state index is 12.4. The molecule has 29 heavy (non-hydrogen) atoms. The van der Waals surface area contributed by atoms with E-state index >= 15 is 0 Å². The second-order valence-corrected chi connectivity index (χ2v) is 7.22. The number of carbonyl (C=O) groups excluding carboxylic acids is 1. The van der Waals surface area contributed by atoms with Gasteiger partial charge in [-0.25, -0.2) is 4.79 Å². The number of nitrogens with one attached hydrogen (secondary N) is 1. The van der Waals surface area contributed by atoms with Crippen molar-refractivity contribution in [3.63, 3.8) is 0 Å². The van der Waals surface area contributed by atoms with Crippen LogP contribution in [-0.4, -0.2) is 69.3 Å². The van der Waals surface area contributed by atoms with Crippen molar-refractivity contribution in [1.82, 2.24) is 15.1 Å². The molecule has 1 fully saturated rings. The lowest BCUT2D eigenvalue weighted by atomic mass is 10.1. The van der Waals surface area contributed by atoms with Crippen molar-refractivity contribution in [3.05, 3.63) is 59.7 Å². The van der Waals surface area contributed by atoms with E-state index in [1.54, 1.807) is 14.2 Å². The summed E-state index contributed by atoms with van der Waals surface area (Å²) in [6.45, 7) is 4.93. The van der Waals surface area contributed by atoms with E-state index in [-0.39, 0.29) is 6.03 Å². The van der Waals surface area contributed by atoms with Gasteiger partial charge in [0.2, 0.25) is 0 Å². The maximum Gasteiger partial charge on any atom is 0.317 e. The molecule has 6 nitrogen and oxygen atoms in total. The predicted molar refractivity (Wildman–Crippen MR) is 115 cm³/mol. The normalized spacial score (nSPS) is 14.5. The van der Waals surface area contributed by atoms with Gasteiger partial charge in [0.1, 0.15) is 11.5 Å². The van der Waals surface area contributed by atoms with Crippen molar-refractivity contribution in [2.75, 3.05) is 53.5 Å². The predicted octanol–water partition coefficient (Wildman–Crippen LogP) is 2.82. The van der Waals surface area contributed by atoms with Gasteiger partial charge in [0.15, 0.2) is 0 Å². The van der Waals surface area contributed by atoms with Crippen molar-refractivity contribution in [1.29, 1.82) is 0 Å². The zero-order valence-electron chi connectivity index (χ0n) is 17.4. The molecule has 156 valence electrons. The van der Waals surface area contributed by atoms with Crippen LogP contribution in [0.3, 0.4) is 0 Å². The number of carbonyl (C=O) groups is 1. The van der Waals surface area contributed by atoms with Gasteiger partial charge in [-0.05, 0) is 42.2 Å². The number of hydrogen-bond acceptors (Lipinski definition) is 4. The Morgan fingerprint density at radius 2 is 1.76 bits per heavy atom. The van der Waals surface area contributed by atoms with Gasteiger partial charge in [0.25, 0.3) is 0 Å². The summed E-state index contributed by atoms with van der Waals surface area (Å²) >= 11 is 0. The second kappa shape index (κ2) is 10.7. The van der Waals surface area contributed by atoms with Crippen LogP contribution in [0.5, 0.6) is 11.5 Å². The summed E-state index contributed by atoms with van der Waals surface area (Å²) in [5.74, 6) is 1.79. The summed E-state index contributed by atoms with van der Waals surface area (Å²) in [5, 5.41) is 3.04. The second-order valence-electron chi connectivity index (χ2n) is 7.22. The van der Waals surface area contributed by atoms with E-state index in [9.17, 15) is 4.79 Å². The van der Waals surface area contributed by atoms with Crippen LogP contribution in [0, 0.1) is 0 Å². The van der Waals surface area contributed by atoms with Crippen LogP contribution >= 0.6 is 0 Å². The maximum absolute atomic E-state index is 12.4. The molecule has 6 heteroatoms. The number of rotatable bonds is 8. The van der Waals surface area contributed by atoms with Crippen LogP contribution in [0.2, 0.25) is 0 Å². The lowest BCUT2D eigenvalue weighted by molar-refractivity contribution is 0.140. The zero-order chi connectivity index (χ0) is 20.5. The fraction of sp³-hybridized carbons (Fsp3) is 0.435. The SMILES string of the molecule is COc1cccc(CCNC(=O)N2CCN(CCc3ccccc3OC)CC2)c1. The smallest absolute Gasteiger partial charge is 0.317 e. The summed E-state index contributed by atoms with van der Waals surface area (Å²) in [7, 11) is 3.38. The van der Waals surface area contributed by atoms with Crippen molar-refractivity contribution in [2.45, 2.75) is 12.8 Å². The van der Waals surface area contributed by atoms with Gasteiger partial charge in [-0.15, -0.1) is 0 Å². The molecule has 0 spiro atoms. The number of para-hydroxylation sites is 1. The minimum atomic E-state index is 0.0253. The molecule has 0 saturated carbocycles. The highest BCUT2D eigenvalue weighted by Gasteiger charge is 2.20. The van der Waals surface area contributed by atoms with E-state index in [2.05, 4.69) is 22.3 Å². The highest BCUT2D eigenvalue weighted by molar-refractivity contribution is 5.74. The Morgan fingerprint density at radius 3 is 2.52 bits per heavy atom. The third-order valence-corrected chi connectivity index (χ3v) is 5.37. The fourth-order valence-electron chi connectivity index (χ4n) is 3.62. The number of piperazine rings is 1. The number of hydrogen-bond donors (Lipinski definition) is 1. The molecular weight excluding hydrogens is 366 g/mol. The van der Waals surface area contributed by atoms with E-state index in [1.165, 1.54) is 5.56 Å². The molecule has 0 unspecified atom stereocenters. The van der Waals surface area contributed by atoms with Gasteiger partial charge < -0.3 is 19.7 Å². The van der Waals surface area contributed by atoms with E-state index in [0.29, 0.717) is 6.54 Å². The Morgan fingerprint density at radius 1 is 0.966 bits per heavy atom. The molecule has 1 aliphatic heterocycles. The van der Waals surface area contributed by atoms with Crippen molar-refractivity contribution >= 4 is 6.03 Å².